The molecule has 0 saturated carbocycles. The van der Waals surface area contributed by atoms with E-state index in [1.54, 1.807) is 0 Å². The number of carbonyl (C=O) groups is 1. The lowest BCUT2D eigenvalue weighted by Gasteiger charge is -2.41. The number of nitrogens with zero attached hydrogens (tertiary/aromatic N) is 1. The van der Waals surface area contributed by atoms with Crippen LogP contribution in [0.5, 0.6) is 0 Å². The first kappa shape index (κ1) is 16.4. The van der Waals surface area contributed by atoms with Gasteiger partial charge in [0.15, 0.2) is 0 Å². The van der Waals surface area contributed by atoms with Crippen molar-refractivity contribution in [3.63, 3.8) is 0 Å². The molecule has 3 rings (SSSR count). The van der Waals surface area contributed by atoms with E-state index in [-0.39, 0.29) is 5.97 Å². The standard InChI is InChI=1S/C20H24N2O2/c1-2-24-19(23)20(16-6-4-3-5-7-16)12-14-22(15-13-20)18-10-8-17(21)9-11-18/h3-11H,2,12-15,21H2,1H3. The van der Waals surface area contributed by atoms with E-state index in [1.807, 2.05) is 61.5 Å². The predicted molar refractivity (Wildman–Crippen MR) is 97.1 cm³/mol. The number of esters is 1. The van der Waals surface area contributed by atoms with Crippen molar-refractivity contribution in [1.82, 2.24) is 0 Å². The van der Waals surface area contributed by atoms with Crippen LogP contribution in [0, 0.1) is 0 Å². The molecule has 24 heavy (non-hydrogen) atoms. The molecule has 1 saturated heterocycles. The minimum atomic E-state index is -0.540. The summed E-state index contributed by atoms with van der Waals surface area (Å²) in [7, 11) is 0. The predicted octanol–water partition coefficient (Wildman–Crippen LogP) is 3.37. The number of ether oxygens (including phenoxy) is 1. The zero-order valence-electron chi connectivity index (χ0n) is 14.1. The van der Waals surface area contributed by atoms with Gasteiger partial charge in [-0.2, -0.15) is 0 Å². The maximum Gasteiger partial charge on any atom is 0.316 e. The Bertz CT molecular complexity index is 675. The van der Waals surface area contributed by atoms with Crippen molar-refractivity contribution in [2.75, 3.05) is 30.3 Å². The van der Waals surface area contributed by atoms with Crippen LogP contribution in [0.4, 0.5) is 11.4 Å². The summed E-state index contributed by atoms with van der Waals surface area (Å²) in [5, 5.41) is 0. The SMILES string of the molecule is CCOC(=O)C1(c2ccccc2)CCN(c2ccc(N)cc2)CC1. The number of rotatable bonds is 4. The third-order valence-electron chi connectivity index (χ3n) is 4.87. The highest BCUT2D eigenvalue weighted by Crippen LogP contribution is 2.38. The fourth-order valence-corrected chi connectivity index (χ4v) is 3.47. The third-order valence-corrected chi connectivity index (χ3v) is 4.87. The molecule has 0 bridgehead atoms. The van der Waals surface area contributed by atoms with Crippen LogP contribution in [0.2, 0.25) is 0 Å². The molecule has 1 aliphatic rings. The Morgan fingerprint density at radius 1 is 1.08 bits per heavy atom. The molecule has 0 unspecified atom stereocenters. The Morgan fingerprint density at radius 2 is 1.71 bits per heavy atom. The van der Waals surface area contributed by atoms with Crippen LogP contribution in [0.25, 0.3) is 0 Å². The van der Waals surface area contributed by atoms with Gasteiger partial charge in [0.05, 0.1) is 12.0 Å². The Morgan fingerprint density at radius 3 is 2.29 bits per heavy atom. The number of hydrogen-bond donors (Lipinski definition) is 1. The minimum Gasteiger partial charge on any atom is -0.465 e. The van der Waals surface area contributed by atoms with Crippen molar-refractivity contribution in [3.05, 3.63) is 60.2 Å². The molecule has 0 amide bonds. The highest BCUT2D eigenvalue weighted by Gasteiger charge is 2.44. The van der Waals surface area contributed by atoms with Gasteiger partial charge < -0.3 is 15.4 Å². The number of piperidine rings is 1. The quantitative estimate of drug-likeness (QED) is 0.692. The average molecular weight is 324 g/mol. The first-order valence-electron chi connectivity index (χ1n) is 8.49. The molecule has 1 aliphatic heterocycles. The number of anilines is 2. The number of benzene rings is 2. The Labute approximate surface area is 143 Å². The van der Waals surface area contributed by atoms with E-state index >= 15 is 0 Å². The Hall–Kier alpha value is -2.49. The number of hydrogen-bond acceptors (Lipinski definition) is 4. The molecule has 0 aliphatic carbocycles. The van der Waals surface area contributed by atoms with Gasteiger partial charge in [-0.05, 0) is 49.6 Å². The van der Waals surface area contributed by atoms with Gasteiger partial charge in [0.25, 0.3) is 0 Å². The van der Waals surface area contributed by atoms with E-state index < -0.39 is 5.41 Å². The molecule has 0 aromatic heterocycles. The van der Waals surface area contributed by atoms with Crippen LogP contribution >= 0.6 is 0 Å². The van der Waals surface area contributed by atoms with Gasteiger partial charge in [0.1, 0.15) is 0 Å². The van der Waals surface area contributed by atoms with Crippen LogP contribution < -0.4 is 10.6 Å². The molecular formula is C20H24N2O2. The maximum atomic E-state index is 12.8. The van der Waals surface area contributed by atoms with Crippen LogP contribution in [0.3, 0.4) is 0 Å². The van der Waals surface area contributed by atoms with Crippen molar-refractivity contribution in [2.24, 2.45) is 0 Å². The Kier molecular flexibility index (Phi) is 4.74. The van der Waals surface area contributed by atoms with Gasteiger partial charge >= 0.3 is 5.97 Å². The molecule has 2 aromatic carbocycles. The van der Waals surface area contributed by atoms with Gasteiger partial charge in [-0.25, -0.2) is 0 Å². The van der Waals surface area contributed by atoms with Crippen molar-refractivity contribution in [2.45, 2.75) is 25.2 Å². The Balaban J connectivity index is 1.83. The van der Waals surface area contributed by atoms with Crippen LogP contribution in [0.15, 0.2) is 54.6 Å². The zero-order chi connectivity index (χ0) is 17.0. The second-order valence-electron chi connectivity index (χ2n) is 6.25. The third kappa shape index (κ3) is 3.09. The summed E-state index contributed by atoms with van der Waals surface area (Å²) in [5.41, 5.74) is 8.20. The van der Waals surface area contributed by atoms with Crippen molar-refractivity contribution in [1.29, 1.82) is 0 Å². The lowest BCUT2D eigenvalue weighted by molar-refractivity contribution is -0.151. The zero-order valence-corrected chi connectivity index (χ0v) is 14.1. The first-order valence-corrected chi connectivity index (χ1v) is 8.49. The fraction of sp³-hybridized carbons (Fsp3) is 0.350. The molecule has 0 atom stereocenters. The normalized spacial score (nSPS) is 16.6. The van der Waals surface area contributed by atoms with Gasteiger partial charge in [-0.1, -0.05) is 30.3 Å². The van der Waals surface area contributed by atoms with Gasteiger partial charge in [-0.3, -0.25) is 4.79 Å². The second kappa shape index (κ2) is 6.95. The monoisotopic (exact) mass is 324 g/mol. The van der Waals surface area contributed by atoms with E-state index in [0.717, 1.165) is 42.9 Å². The maximum absolute atomic E-state index is 12.8. The number of nitrogen functional groups attached to an aromatic ring is 1. The average Bonchev–Trinajstić information content (AvgIpc) is 2.63. The lowest BCUT2D eigenvalue weighted by atomic mass is 9.72. The summed E-state index contributed by atoms with van der Waals surface area (Å²) in [4.78, 5) is 15.1. The summed E-state index contributed by atoms with van der Waals surface area (Å²) in [5.74, 6) is -0.104. The van der Waals surface area contributed by atoms with E-state index in [9.17, 15) is 4.79 Å². The molecule has 4 nitrogen and oxygen atoms in total. The summed E-state index contributed by atoms with van der Waals surface area (Å²) < 4.78 is 5.42. The van der Waals surface area contributed by atoms with Gasteiger partial charge in [0.2, 0.25) is 0 Å². The van der Waals surface area contributed by atoms with Gasteiger partial charge in [-0.15, -0.1) is 0 Å². The summed E-state index contributed by atoms with van der Waals surface area (Å²) >= 11 is 0. The van der Waals surface area contributed by atoms with Crippen molar-refractivity contribution in [3.8, 4) is 0 Å². The number of nitrogens with two attached hydrogens (primary N) is 1. The molecular weight excluding hydrogens is 300 g/mol. The summed E-state index contributed by atoms with van der Waals surface area (Å²) in [6.07, 6.45) is 1.50. The molecule has 126 valence electrons. The minimum absolute atomic E-state index is 0.104. The molecule has 1 heterocycles. The highest BCUT2D eigenvalue weighted by atomic mass is 16.5. The topological polar surface area (TPSA) is 55.6 Å². The first-order chi connectivity index (χ1) is 11.7. The number of carbonyl (C=O) groups excluding carboxylic acids is 1. The summed E-state index contributed by atoms with van der Waals surface area (Å²) in [6, 6.07) is 17.9. The van der Waals surface area contributed by atoms with E-state index in [2.05, 4.69) is 4.90 Å². The van der Waals surface area contributed by atoms with E-state index in [0.29, 0.717) is 6.61 Å². The highest BCUT2D eigenvalue weighted by molar-refractivity contribution is 5.83. The van der Waals surface area contributed by atoms with E-state index in [1.165, 1.54) is 0 Å². The van der Waals surface area contributed by atoms with Crippen LogP contribution in [0.1, 0.15) is 25.3 Å². The smallest absolute Gasteiger partial charge is 0.316 e. The largest absolute Gasteiger partial charge is 0.465 e. The lowest BCUT2D eigenvalue weighted by Crippen LogP contribution is -2.48. The molecule has 1 fully saturated rings. The molecule has 0 radical (unpaired) electrons. The van der Waals surface area contributed by atoms with Crippen molar-refractivity contribution >= 4 is 17.3 Å². The van der Waals surface area contributed by atoms with Crippen LogP contribution in [-0.4, -0.2) is 25.7 Å². The van der Waals surface area contributed by atoms with Gasteiger partial charge in [0, 0.05) is 24.5 Å². The fourth-order valence-electron chi connectivity index (χ4n) is 3.47. The van der Waals surface area contributed by atoms with Crippen molar-refractivity contribution < 1.29 is 9.53 Å². The molecule has 4 heteroatoms. The second-order valence-corrected chi connectivity index (χ2v) is 6.25. The van der Waals surface area contributed by atoms with E-state index in [4.69, 9.17) is 10.5 Å². The molecule has 0 spiro atoms. The molecule has 2 N–H and O–H groups in total. The summed E-state index contributed by atoms with van der Waals surface area (Å²) in [6.45, 7) is 3.91. The molecule has 2 aromatic rings. The van der Waals surface area contributed by atoms with Crippen LogP contribution in [-0.2, 0) is 14.9 Å².